The molecular formula is C36H62O31. The summed E-state index contributed by atoms with van der Waals surface area (Å²) in [6.07, 6.45) is -54.2. The van der Waals surface area contributed by atoms with Crippen LogP contribution < -0.4 is 0 Å². The Morgan fingerprint density at radius 3 is 0.657 bits per heavy atom. The van der Waals surface area contributed by atoms with Crippen molar-refractivity contribution >= 4 is 0 Å². The Morgan fingerprint density at radius 2 is 0.418 bits per heavy atom. The molecule has 31 heteroatoms. The van der Waals surface area contributed by atoms with E-state index < -0.39 is 224 Å². The van der Waals surface area contributed by atoms with Crippen LogP contribution in [0.3, 0.4) is 0 Å². The smallest absolute Gasteiger partial charge is 0.186 e. The molecule has 0 bridgehead atoms. The van der Waals surface area contributed by atoms with Crippen molar-refractivity contribution in [3.63, 3.8) is 0 Å². The molecule has 6 aliphatic heterocycles. The third-order valence-corrected chi connectivity index (χ3v) is 12.3. The third-order valence-electron chi connectivity index (χ3n) is 12.3. The second kappa shape index (κ2) is 23.5. The van der Waals surface area contributed by atoms with E-state index in [1.807, 2.05) is 0 Å². The van der Waals surface area contributed by atoms with E-state index in [9.17, 15) is 102 Å². The summed E-state index contributed by atoms with van der Waals surface area (Å²) in [5.41, 5.74) is 0. The van der Waals surface area contributed by atoms with Crippen LogP contribution in [0.4, 0.5) is 0 Å². The Labute approximate surface area is 378 Å². The summed E-state index contributed by atoms with van der Waals surface area (Å²) in [7, 11) is 0. The summed E-state index contributed by atoms with van der Waals surface area (Å²) in [5, 5.41) is 206. The summed E-state index contributed by atoms with van der Waals surface area (Å²) in [5.74, 6) is 0. The Kier molecular flexibility index (Phi) is 19.4. The first-order chi connectivity index (χ1) is 31.6. The molecule has 67 heavy (non-hydrogen) atoms. The summed E-state index contributed by atoms with van der Waals surface area (Å²) in [6.45, 7) is -4.51. The summed E-state index contributed by atoms with van der Waals surface area (Å²) in [4.78, 5) is 0. The lowest BCUT2D eigenvalue weighted by atomic mass is 9.97. The number of hydrogen-bond acceptors (Lipinski definition) is 31. The Bertz CT molecular complexity index is 1510. The van der Waals surface area contributed by atoms with Gasteiger partial charge in [0.25, 0.3) is 0 Å². The fraction of sp³-hybridized carbons (Fsp3) is 1.00. The van der Waals surface area contributed by atoms with Crippen molar-refractivity contribution in [3.05, 3.63) is 0 Å². The minimum Gasteiger partial charge on any atom is -0.394 e. The van der Waals surface area contributed by atoms with Crippen molar-refractivity contribution in [2.45, 2.75) is 184 Å². The zero-order valence-electron chi connectivity index (χ0n) is 35.0. The molecule has 0 saturated carbocycles. The molecule has 0 aromatic rings. The van der Waals surface area contributed by atoms with Crippen molar-refractivity contribution in [3.8, 4) is 0 Å². The second-order valence-electron chi connectivity index (χ2n) is 17.0. The molecule has 6 aliphatic rings. The molecule has 0 amide bonds. The number of hydrogen-bond donors (Lipinski definition) is 20. The minimum atomic E-state index is -2.01. The van der Waals surface area contributed by atoms with Gasteiger partial charge >= 0.3 is 0 Å². The lowest BCUT2D eigenvalue weighted by molar-refractivity contribution is -0.352. The van der Waals surface area contributed by atoms with Crippen molar-refractivity contribution in [2.75, 3.05) is 39.6 Å². The SMILES string of the molecule is OC[C@H]1O[C@H](OC[C@H]2O[C@H](OC[C@H]3O[C@H](OC[C@H]4O[C@H](OC[C@H]5O[C@H](OC[C@H]6OC(O)[C@@H](O)[C@@H](O)[C@@H]6O)[C@H](O)[C@@H](O)[C@@H]5O)[C@H](O)[C@@H](O)[C@@H]4O)[C@H](O)[C@@H](O)[C@@H]3O)[C@H](O)[C@@H](O)[C@@H]2O)[C@H](O)[C@@H](O)[C@@H]1O. The molecule has 0 spiro atoms. The van der Waals surface area contributed by atoms with E-state index in [0.717, 1.165) is 0 Å². The predicted octanol–water partition coefficient (Wildman–Crippen LogP) is -14.1. The molecule has 0 aromatic carbocycles. The van der Waals surface area contributed by atoms with Crippen molar-refractivity contribution in [2.24, 2.45) is 0 Å². The quantitative estimate of drug-likeness (QED) is 0.0683. The first kappa shape index (κ1) is 55.1. The van der Waals surface area contributed by atoms with Crippen molar-refractivity contribution in [1.82, 2.24) is 0 Å². The average Bonchev–Trinajstić information content (AvgIpc) is 3.31. The molecule has 392 valence electrons. The summed E-state index contributed by atoms with van der Waals surface area (Å²) >= 11 is 0. The van der Waals surface area contributed by atoms with Crippen LogP contribution in [0.2, 0.25) is 0 Å². The van der Waals surface area contributed by atoms with E-state index in [2.05, 4.69) is 0 Å². The zero-order valence-corrected chi connectivity index (χ0v) is 35.0. The number of rotatable bonds is 16. The van der Waals surface area contributed by atoms with Crippen LogP contribution in [0.25, 0.3) is 0 Å². The first-order valence-electron chi connectivity index (χ1n) is 21.1. The van der Waals surface area contributed by atoms with Gasteiger partial charge in [-0.05, 0) is 0 Å². The molecule has 31 nitrogen and oxygen atoms in total. The van der Waals surface area contributed by atoms with Crippen LogP contribution in [0.1, 0.15) is 0 Å². The van der Waals surface area contributed by atoms with Gasteiger partial charge in [0.2, 0.25) is 0 Å². The molecule has 30 atom stereocenters. The predicted molar refractivity (Wildman–Crippen MR) is 199 cm³/mol. The fourth-order valence-electron chi connectivity index (χ4n) is 7.99. The van der Waals surface area contributed by atoms with Gasteiger partial charge in [-0.2, -0.15) is 0 Å². The van der Waals surface area contributed by atoms with Gasteiger partial charge in [0.15, 0.2) is 37.7 Å². The minimum absolute atomic E-state index is 0.692. The van der Waals surface area contributed by atoms with E-state index >= 15 is 0 Å². The lowest BCUT2D eigenvalue weighted by Crippen LogP contribution is -2.63. The Hall–Kier alpha value is -1.24. The van der Waals surface area contributed by atoms with E-state index in [-0.39, 0.29) is 0 Å². The lowest BCUT2D eigenvalue weighted by Gasteiger charge is -2.44. The normalized spacial score (nSPS) is 53.4. The molecule has 0 radical (unpaired) electrons. The van der Waals surface area contributed by atoms with Gasteiger partial charge in [0.1, 0.15) is 146 Å². The Morgan fingerprint density at radius 1 is 0.224 bits per heavy atom. The molecule has 6 saturated heterocycles. The highest BCUT2D eigenvalue weighted by atomic mass is 16.8. The molecule has 6 heterocycles. The fourth-order valence-corrected chi connectivity index (χ4v) is 7.99. The molecule has 6 fully saturated rings. The molecule has 1 unspecified atom stereocenters. The van der Waals surface area contributed by atoms with E-state index in [1.165, 1.54) is 0 Å². The van der Waals surface area contributed by atoms with Crippen LogP contribution in [0, 0.1) is 0 Å². The third kappa shape index (κ3) is 12.0. The zero-order chi connectivity index (χ0) is 49.3. The molecule has 0 aliphatic carbocycles. The van der Waals surface area contributed by atoms with Crippen LogP contribution in [0.15, 0.2) is 0 Å². The van der Waals surface area contributed by atoms with Crippen LogP contribution >= 0.6 is 0 Å². The highest BCUT2D eigenvalue weighted by Crippen LogP contribution is 2.31. The van der Waals surface area contributed by atoms with E-state index in [4.69, 9.17) is 52.1 Å². The van der Waals surface area contributed by atoms with Crippen LogP contribution in [-0.4, -0.2) is 326 Å². The molecule has 6 rings (SSSR count). The average molecular weight is 991 g/mol. The van der Waals surface area contributed by atoms with E-state index in [1.54, 1.807) is 0 Å². The summed E-state index contributed by atoms with van der Waals surface area (Å²) in [6, 6.07) is 0. The summed E-state index contributed by atoms with van der Waals surface area (Å²) < 4.78 is 59.7. The van der Waals surface area contributed by atoms with E-state index in [0.29, 0.717) is 0 Å². The van der Waals surface area contributed by atoms with Gasteiger partial charge < -0.3 is 154 Å². The van der Waals surface area contributed by atoms with Crippen molar-refractivity contribution < 1.29 is 154 Å². The van der Waals surface area contributed by atoms with Gasteiger partial charge in [-0.15, -0.1) is 0 Å². The Balaban J connectivity index is 1.01. The number of aliphatic hydroxyl groups excluding tert-OH is 20. The largest absolute Gasteiger partial charge is 0.394 e. The van der Waals surface area contributed by atoms with Crippen LogP contribution in [0.5, 0.6) is 0 Å². The van der Waals surface area contributed by atoms with Gasteiger partial charge in [-0.1, -0.05) is 0 Å². The molecule has 0 aromatic heterocycles. The van der Waals surface area contributed by atoms with Gasteiger partial charge in [-0.25, -0.2) is 0 Å². The maximum Gasteiger partial charge on any atom is 0.186 e. The van der Waals surface area contributed by atoms with Crippen molar-refractivity contribution in [1.29, 1.82) is 0 Å². The maximum atomic E-state index is 10.7. The number of aliphatic hydroxyl groups is 20. The standard InChI is InChI=1S/C36H62O31/c37-1-7-13(38)20(45)26(51)32(63-7)58-3-9-15(40)22(47)28(53)34(65-9)60-5-11-17(42)24(49)30(55)36(67-11)61-6-12-18(43)23(48)29(54)35(66-12)59-4-10-16(41)21(46)27(52)33(64-10)57-2-8-14(39)19(44)25(50)31(56)62-8/h7-56H,1-6H2/t7-,8-,9-,10-,11-,12-,13-,14-,15-,16-,17-,18-,19+,20+,21+,22+,23+,24+,25+,26-,27-,28-,29-,30-,31?,32+,33+,34+,35+,36+/m1/s1. The van der Waals surface area contributed by atoms with Gasteiger partial charge in [0, 0.05) is 0 Å². The maximum absolute atomic E-state index is 10.7. The number of ether oxygens (including phenoxy) is 11. The topological polar surface area (TPSA) is 506 Å². The molecular weight excluding hydrogens is 928 g/mol. The highest BCUT2D eigenvalue weighted by Gasteiger charge is 2.52. The van der Waals surface area contributed by atoms with Crippen LogP contribution in [-0.2, 0) is 52.1 Å². The monoisotopic (exact) mass is 990 g/mol. The first-order valence-corrected chi connectivity index (χ1v) is 21.1. The van der Waals surface area contributed by atoms with Gasteiger partial charge in [0.05, 0.1) is 39.6 Å². The second-order valence-corrected chi connectivity index (χ2v) is 17.0. The van der Waals surface area contributed by atoms with Gasteiger partial charge in [-0.3, -0.25) is 0 Å². The molecule has 20 N–H and O–H groups in total. The highest BCUT2D eigenvalue weighted by molar-refractivity contribution is 4.96.